The molecule has 11 heavy (non-hydrogen) atoms. The van der Waals surface area contributed by atoms with Crippen molar-refractivity contribution >= 4 is 0 Å². The molecule has 0 aromatic rings. The molecule has 2 N–H and O–H groups in total. The fourth-order valence-electron chi connectivity index (χ4n) is 1.05. The minimum absolute atomic E-state index is 0.00343. The van der Waals surface area contributed by atoms with E-state index in [1.807, 2.05) is 0 Å². The molecule has 2 atom stereocenters. The van der Waals surface area contributed by atoms with Gasteiger partial charge in [-0.1, -0.05) is 0 Å². The van der Waals surface area contributed by atoms with Gasteiger partial charge in [0.25, 0.3) is 0 Å². The molecule has 0 radical (unpaired) electrons. The van der Waals surface area contributed by atoms with Gasteiger partial charge in [-0.05, 0) is 0 Å². The Morgan fingerprint density at radius 1 is 1.64 bits per heavy atom. The lowest BCUT2D eigenvalue weighted by molar-refractivity contribution is -0.103. The van der Waals surface area contributed by atoms with Gasteiger partial charge < -0.3 is 19.9 Å². The van der Waals surface area contributed by atoms with Crippen LogP contribution in [0, 0.1) is 0 Å². The number of ether oxygens (including phenoxy) is 3. The summed E-state index contributed by atoms with van der Waals surface area (Å²) in [6, 6.07) is -0.0692. The first-order valence-electron chi connectivity index (χ1n) is 3.78. The second-order valence-electron chi connectivity index (χ2n) is 2.60. The van der Waals surface area contributed by atoms with Crippen LogP contribution < -0.4 is 5.73 Å². The maximum atomic E-state index is 5.73. The SMILES string of the molecule is COCC(N)C1COCCO1. The summed E-state index contributed by atoms with van der Waals surface area (Å²) in [6.45, 7) is 2.43. The Balaban J connectivity index is 2.21. The van der Waals surface area contributed by atoms with Gasteiger partial charge in [-0.15, -0.1) is 0 Å². The summed E-state index contributed by atoms with van der Waals surface area (Å²) in [5.41, 5.74) is 5.73. The highest BCUT2D eigenvalue weighted by Gasteiger charge is 2.21. The van der Waals surface area contributed by atoms with Crippen molar-refractivity contribution in [1.29, 1.82) is 0 Å². The minimum atomic E-state index is -0.0692. The molecule has 4 nitrogen and oxygen atoms in total. The molecule has 0 bridgehead atoms. The van der Waals surface area contributed by atoms with Crippen LogP contribution in [-0.4, -0.2) is 45.7 Å². The van der Waals surface area contributed by atoms with Crippen molar-refractivity contribution in [3.05, 3.63) is 0 Å². The lowest BCUT2D eigenvalue weighted by Gasteiger charge is -2.27. The van der Waals surface area contributed by atoms with Gasteiger partial charge in [-0.3, -0.25) is 0 Å². The van der Waals surface area contributed by atoms with Crippen molar-refractivity contribution in [2.24, 2.45) is 5.73 Å². The highest BCUT2D eigenvalue weighted by molar-refractivity contribution is 4.74. The zero-order chi connectivity index (χ0) is 8.10. The first-order chi connectivity index (χ1) is 5.34. The topological polar surface area (TPSA) is 53.7 Å². The van der Waals surface area contributed by atoms with Crippen LogP contribution in [0.1, 0.15) is 0 Å². The molecular formula is C7H15NO3. The molecule has 4 heteroatoms. The van der Waals surface area contributed by atoms with E-state index in [0.717, 1.165) is 0 Å². The smallest absolute Gasteiger partial charge is 0.0982 e. The Bertz CT molecular complexity index is 104. The highest BCUT2D eigenvalue weighted by Crippen LogP contribution is 2.03. The van der Waals surface area contributed by atoms with Crippen molar-refractivity contribution < 1.29 is 14.2 Å². The third-order valence-electron chi connectivity index (χ3n) is 1.68. The fraction of sp³-hybridized carbons (Fsp3) is 1.00. The number of nitrogens with two attached hydrogens (primary N) is 1. The summed E-state index contributed by atoms with van der Waals surface area (Å²) in [5, 5.41) is 0. The van der Waals surface area contributed by atoms with Crippen LogP contribution in [0.15, 0.2) is 0 Å². The average Bonchev–Trinajstić information content (AvgIpc) is 2.07. The number of methoxy groups -OCH3 is 1. The van der Waals surface area contributed by atoms with Gasteiger partial charge in [0.15, 0.2) is 0 Å². The summed E-state index contributed by atoms with van der Waals surface area (Å²) in [6.07, 6.45) is 0.00343. The van der Waals surface area contributed by atoms with E-state index in [-0.39, 0.29) is 12.1 Å². The molecule has 1 saturated heterocycles. The van der Waals surface area contributed by atoms with Crippen LogP contribution in [0.25, 0.3) is 0 Å². The molecule has 1 fully saturated rings. The molecule has 0 aromatic heterocycles. The van der Waals surface area contributed by atoms with Gasteiger partial charge in [0.1, 0.15) is 0 Å². The molecule has 0 aliphatic carbocycles. The van der Waals surface area contributed by atoms with Crippen molar-refractivity contribution in [2.75, 3.05) is 33.5 Å². The van der Waals surface area contributed by atoms with E-state index in [2.05, 4.69) is 0 Å². The number of hydrogen-bond acceptors (Lipinski definition) is 4. The van der Waals surface area contributed by atoms with E-state index in [4.69, 9.17) is 19.9 Å². The third kappa shape index (κ3) is 2.75. The predicted molar refractivity (Wildman–Crippen MR) is 40.4 cm³/mol. The minimum Gasteiger partial charge on any atom is -0.383 e. The monoisotopic (exact) mass is 161 g/mol. The molecule has 1 heterocycles. The molecular weight excluding hydrogens is 146 g/mol. The Morgan fingerprint density at radius 3 is 3.00 bits per heavy atom. The molecule has 0 saturated carbocycles. The second-order valence-corrected chi connectivity index (χ2v) is 2.60. The summed E-state index contributed by atoms with van der Waals surface area (Å²) >= 11 is 0. The van der Waals surface area contributed by atoms with E-state index >= 15 is 0 Å². The average molecular weight is 161 g/mol. The van der Waals surface area contributed by atoms with Crippen LogP contribution in [0.4, 0.5) is 0 Å². The molecule has 1 rings (SSSR count). The van der Waals surface area contributed by atoms with Gasteiger partial charge in [-0.2, -0.15) is 0 Å². The summed E-state index contributed by atoms with van der Waals surface area (Å²) in [4.78, 5) is 0. The highest BCUT2D eigenvalue weighted by atomic mass is 16.6. The van der Waals surface area contributed by atoms with E-state index in [1.165, 1.54) is 0 Å². The van der Waals surface area contributed by atoms with Crippen molar-refractivity contribution in [3.63, 3.8) is 0 Å². The maximum Gasteiger partial charge on any atom is 0.0982 e. The van der Waals surface area contributed by atoms with Crippen LogP contribution in [0.5, 0.6) is 0 Å². The van der Waals surface area contributed by atoms with Gasteiger partial charge in [0.2, 0.25) is 0 Å². The largest absolute Gasteiger partial charge is 0.383 e. The van der Waals surface area contributed by atoms with E-state index in [9.17, 15) is 0 Å². The first-order valence-corrected chi connectivity index (χ1v) is 3.78. The zero-order valence-corrected chi connectivity index (χ0v) is 6.79. The molecule has 0 amide bonds. The van der Waals surface area contributed by atoms with Gasteiger partial charge in [0.05, 0.1) is 38.6 Å². The fourth-order valence-corrected chi connectivity index (χ4v) is 1.05. The van der Waals surface area contributed by atoms with E-state index in [1.54, 1.807) is 7.11 Å². The molecule has 0 aromatic carbocycles. The maximum absolute atomic E-state index is 5.73. The van der Waals surface area contributed by atoms with Crippen molar-refractivity contribution in [3.8, 4) is 0 Å². The van der Waals surface area contributed by atoms with Crippen LogP contribution in [0.3, 0.4) is 0 Å². The van der Waals surface area contributed by atoms with E-state index < -0.39 is 0 Å². The lowest BCUT2D eigenvalue weighted by atomic mass is 10.2. The normalized spacial score (nSPS) is 28.4. The molecule has 1 aliphatic rings. The number of rotatable bonds is 3. The van der Waals surface area contributed by atoms with Crippen molar-refractivity contribution in [2.45, 2.75) is 12.1 Å². The summed E-state index contributed by atoms with van der Waals surface area (Å²) in [7, 11) is 1.63. The molecule has 2 unspecified atom stereocenters. The summed E-state index contributed by atoms with van der Waals surface area (Å²) in [5.74, 6) is 0. The van der Waals surface area contributed by atoms with Crippen LogP contribution in [-0.2, 0) is 14.2 Å². The molecule has 0 spiro atoms. The quantitative estimate of drug-likeness (QED) is 0.599. The third-order valence-corrected chi connectivity index (χ3v) is 1.68. The molecule has 66 valence electrons. The standard InChI is InChI=1S/C7H15NO3/c1-9-4-6(8)7-5-10-2-3-11-7/h6-7H,2-5,8H2,1H3. The number of hydrogen-bond donors (Lipinski definition) is 1. The summed E-state index contributed by atoms with van der Waals surface area (Å²) < 4.78 is 15.4. The Labute approximate surface area is 66.6 Å². The van der Waals surface area contributed by atoms with Gasteiger partial charge in [0, 0.05) is 7.11 Å². The lowest BCUT2D eigenvalue weighted by Crippen LogP contribution is -2.46. The Hall–Kier alpha value is -0.160. The molecule has 1 aliphatic heterocycles. The predicted octanol–water partition coefficient (Wildman–Crippen LogP) is -0.624. The Kier molecular flexibility index (Phi) is 3.79. The van der Waals surface area contributed by atoms with Crippen LogP contribution in [0.2, 0.25) is 0 Å². The van der Waals surface area contributed by atoms with Crippen molar-refractivity contribution in [1.82, 2.24) is 0 Å². The Morgan fingerprint density at radius 2 is 2.45 bits per heavy atom. The second kappa shape index (κ2) is 4.66. The first kappa shape index (κ1) is 8.93. The van der Waals surface area contributed by atoms with Gasteiger partial charge in [-0.25, -0.2) is 0 Å². The van der Waals surface area contributed by atoms with Gasteiger partial charge >= 0.3 is 0 Å². The van der Waals surface area contributed by atoms with Crippen LogP contribution >= 0.6 is 0 Å². The zero-order valence-electron chi connectivity index (χ0n) is 6.79. The van der Waals surface area contributed by atoms with E-state index in [0.29, 0.717) is 26.4 Å².